The molecule has 0 heterocycles. The van der Waals surface area contributed by atoms with Gasteiger partial charge in [0.05, 0.1) is 22.1 Å². The summed E-state index contributed by atoms with van der Waals surface area (Å²) < 4.78 is 75.7. The zero-order valence-electron chi connectivity index (χ0n) is 16.5. The summed E-state index contributed by atoms with van der Waals surface area (Å²) in [5, 5.41) is 2.54. The van der Waals surface area contributed by atoms with Gasteiger partial charge < -0.3 is 14.8 Å². The predicted octanol–water partition coefficient (Wildman–Crippen LogP) is 3.69. The van der Waals surface area contributed by atoms with Crippen LogP contribution in [0.3, 0.4) is 0 Å². The largest absolute Gasteiger partial charge is 0.482 e. The number of rotatable bonds is 9. The van der Waals surface area contributed by atoms with Gasteiger partial charge in [0.2, 0.25) is 0 Å². The van der Waals surface area contributed by atoms with E-state index < -0.39 is 27.7 Å². The monoisotopic (exact) mass is 480 g/mol. The van der Waals surface area contributed by atoms with Gasteiger partial charge in [0.1, 0.15) is 5.75 Å². The van der Waals surface area contributed by atoms with Crippen molar-refractivity contribution in [2.24, 2.45) is 0 Å². The zero-order chi connectivity index (χ0) is 23.2. The lowest BCUT2D eigenvalue weighted by molar-refractivity contribution is -0.137. The van der Waals surface area contributed by atoms with Gasteiger partial charge in [0.15, 0.2) is 6.61 Å². The van der Waals surface area contributed by atoms with Crippen molar-refractivity contribution in [3.63, 3.8) is 0 Å². The van der Waals surface area contributed by atoms with Gasteiger partial charge in [-0.3, -0.25) is 9.52 Å². The van der Waals surface area contributed by atoms with E-state index in [0.717, 1.165) is 24.3 Å². The normalized spacial score (nSPS) is 12.8. The summed E-state index contributed by atoms with van der Waals surface area (Å²) in [6.45, 7) is 1.70. The van der Waals surface area contributed by atoms with Gasteiger partial charge in [0, 0.05) is 18.8 Å². The van der Waals surface area contributed by atoms with Gasteiger partial charge >= 0.3 is 6.18 Å². The van der Waals surface area contributed by atoms with Gasteiger partial charge in [-0.1, -0.05) is 17.7 Å². The molecule has 0 saturated heterocycles. The lowest BCUT2D eigenvalue weighted by atomic mass is 10.2. The maximum absolute atomic E-state index is 12.8. The highest BCUT2D eigenvalue weighted by Crippen LogP contribution is 2.32. The molecule has 7 nitrogen and oxygen atoms in total. The van der Waals surface area contributed by atoms with E-state index in [2.05, 4.69) is 10.0 Å². The zero-order valence-corrected chi connectivity index (χ0v) is 18.1. The first kappa shape index (κ1) is 24.8. The highest BCUT2D eigenvalue weighted by molar-refractivity contribution is 7.92. The molecule has 2 aromatic rings. The van der Waals surface area contributed by atoms with E-state index in [9.17, 15) is 26.4 Å². The lowest BCUT2D eigenvalue weighted by Crippen LogP contribution is -2.38. The molecule has 0 aromatic heterocycles. The first-order valence-electron chi connectivity index (χ1n) is 8.83. The fourth-order valence-corrected chi connectivity index (χ4v) is 3.87. The number of hydrogen-bond acceptors (Lipinski definition) is 5. The third-order valence-electron chi connectivity index (χ3n) is 3.84. The van der Waals surface area contributed by atoms with Gasteiger partial charge in [-0.15, -0.1) is 0 Å². The molecule has 0 aliphatic heterocycles. The van der Waals surface area contributed by atoms with Crippen LogP contribution in [-0.4, -0.2) is 40.7 Å². The molecule has 0 aliphatic rings. The van der Waals surface area contributed by atoms with E-state index in [4.69, 9.17) is 21.1 Å². The summed E-state index contributed by atoms with van der Waals surface area (Å²) in [5.41, 5.74) is -1.25. The van der Waals surface area contributed by atoms with Gasteiger partial charge in [-0.2, -0.15) is 13.2 Å². The first-order chi connectivity index (χ1) is 14.4. The number of ether oxygens (including phenoxy) is 2. The van der Waals surface area contributed by atoms with Crippen LogP contribution >= 0.6 is 11.6 Å². The van der Waals surface area contributed by atoms with Crippen LogP contribution in [0.25, 0.3) is 0 Å². The standard InChI is InChI=1S/C19H20ClF3N2O5S/c1-12(10-29-2)24-18(26)11-30-17-7-6-15(9-16(17)20)31(27,28)25-14-5-3-4-13(8-14)19(21,22)23/h3-9,12,25H,10-11H2,1-2H3,(H,24,26)/t12-/m1/s1. The Labute approximate surface area is 182 Å². The number of carbonyl (C=O) groups is 1. The molecular formula is C19H20ClF3N2O5S. The number of benzene rings is 2. The van der Waals surface area contributed by atoms with Crippen LogP contribution in [-0.2, 0) is 25.7 Å². The van der Waals surface area contributed by atoms with Crippen molar-refractivity contribution in [2.45, 2.75) is 24.0 Å². The van der Waals surface area contributed by atoms with Crippen molar-refractivity contribution in [1.29, 1.82) is 0 Å². The number of nitrogens with one attached hydrogen (secondary N) is 2. The van der Waals surface area contributed by atoms with Crippen molar-refractivity contribution in [2.75, 3.05) is 25.0 Å². The molecule has 31 heavy (non-hydrogen) atoms. The molecule has 0 radical (unpaired) electrons. The lowest BCUT2D eigenvalue weighted by Gasteiger charge is -2.14. The third kappa shape index (κ3) is 7.30. The van der Waals surface area contributed by atoms with E-state index in [1.165, 1.54) is 19.2 Å². The fraction of sp³-hybridized carbons (Fsp3) is 0.316. The van der Waals surface area contributed by atoms with Crippen LogP contribution in [0.1, 0.15) is 12.5 Å². The molecule has 12 heteroatoms. The molecule has 0 aliphatic carbocycles. The number of sulfonamides is 1. The molecule has 2 aromatic carbocycles. The molecule has 170 valence electrons. The Morgan fingerprint density at radius 3 is 2.52 bits per heavy atom. The van der Waals surface area contributed by atoms with E-state index in [1.807, 2.05) is 0 Å². The molecule has 0 bridgehead atoms. The van der Waals surface area contributed by atoms with E-state index in [-0.39, 0.29) is 34.0 Å². The maximum Gasteiger partial charge on any atom is 0.416 e. The summed E-state index contributed by atoms with van der Waals surface area (Å²) >= 11 is 6.04. The van der Waals surface area contributed by atoms with Crippen LogP contribution in [0.2, 0.25) is 5.02 Å². The number of methoxy groups -OCH3 is 1. The second-order valence-electron chi connectivity index (χ2n) is 6.49. The summed E-state index contributed by atoms with van der Waals surface area (Å²) in [4.78, 5) is 11.5. The Morgan fingerprint density at radius 2 is 1.90 bits per heavy atom. The number of carbonyl (C=O) groups excluding carboxylic acids is 1. The van der Waals surface area contributed by atoms with Crippen molar-refractivity contribution >= 4 is 33.2 Å². The average Bonchev–Trinajstić information content (AvgIpc) is 2.66. The Kier molecular flexibility index (Phi) is 8.15. The molecule has 0 saturated carbocycles. The average molecular weight is 481 g/mol. The molecule has 2 N–H and O–H groups in total. The fourth-order valence-electron chi connectivity index (χ4n) is 2.49. The molecule has 0 spiro atoms. The minimum atomic E-state index is -4.61. The Bertz CT molecular complexity index is 1030. The van der Waals surface area contributed by atoms with Gasteiger partial charge in [0.25, 0.3) is 15.9 Å². The molecule has 0 unspecified atom stereocenters. The molecule has 0 fully saturated rings. The van der Waals surface area contributed by atoms with Crippen LogP contribution in [0.15, 0.2) is 47.4 Å². The van der Waals surface area contributed by atoms with Crippen LogP contribution in [0.5, 0.6) is 5.75 Å². The first-order valence-corrected chi connectivity index (χ1v) is 10.7. The Hall–Kier alpha value is -2.50. The van der Waals surface area contributed by atoms with Crippen molar-refractivity contribution in [1.82, 2.24) is 5.32 Å². The summed E-state index contributed by atoms with van der Waals surface area (Å²) in [5.74, 6) is -0.363. The van der Waals surface area contributed by atoms with Gasteiger partial charge in [-0.05, 0) is 43.3 Å². The van der Waals surface area contributed by atoms with Crippen molar-refractivity contribution in [3.8, 4) is 5.75 Å². The van der Waals surface area contributed by atoms with E-state index >= 15 is 0 Å². The quantitative estimate of drug-likeness (QED) is 0.571. The van der Waals surface area contributed by atoms with Crippen LogP contribution in [0, 0.1) is 0 Å². The number of hydrogen-bond donors (Lipinski definition) is 2. The highest BCUT2D eigenvalue weighted by Gasteiger charge is 2.30. The Balaban J connectivity index is 2.09. The molecule has 2 rings (SSSR count). The highest BCUT2D eigenvalue weighted by atomic mass is 35.5. The third-order valence-corrected chi connectivity index (χ3v) is 5.51. The number of amides is 1. The van der Waals surface area contributed by atoms with E-state index in [0.29, 0.717) is 12.7 Å². The minimum absolute atomic E-state index is 0.0641. The van der Waals surface area contributed by atoms with Gasteiger partial charge in [-0.25, -0.2) is 8.42 Å². The molecule has 1 atom stereocenters. The minimum Gasteiger partial charge on any atom is -0.482 e. The summed E-state index contributed by atoms with van der Waals surface area (Å²) in [6.07, 6.45) is -4.61. The Morgan fingerprint density at radius 1 is 1.19 bits per heavy atom. The maximum atomic E-state index is 12.8. The topological polar surface area (TPSA) is 93.7 Å². The second-order valence-corrected chi connectivity index (χ2v) is 8.58. The van der Waals surface area contributed by atoms with Crippen LogP contribution in [0.4, 0.5) is 18.9 Å². The summed E-state index contributed by atoms with van der Waals surface area (Å²) in [6, 6.07) is 7.02. The second kappa shape index (κ2) is 10.2. The molecule has 1 amide bonds. The predicted molar refractivity (Wildman–Crippen MR) is 109 cm³/mol. The molecular weight excluding hydrogens is 461 g/mol. The van der Waals surface area contributed by atoms with E-state index in [1.54, 1.807) is 6.92 Å². The van der Waals surface area contributed by atoms with Crippen molar-refractivity contribution < 1.29 is 35.9 Å². The SMILES string of the molecule is COC[C@@H](C)NC(=O)COc1ccc(S(=O)(=O)Nc2cccc(C(F)(F)F)c2)cc1Cl. The smallest absolute Gasteiger partial charge is 0.416 e. The number of halogens is 4. The van der Waals surface area contributed by atoms with Crippen LogP contribution < -0.4 is 14.8 Å². The summed E-state index contributed by atoms with van der Waals surface area (Å²) in [7, 11) is -2.72. The number of anilines is 1. The van der Waals surface area contributed by atoms with Crippen molar-refractivity contribution in [3.05, 3.63) is 53.1 Å². The number of alkyl halides is 3.